The van der Waals surface area contributed by atoms with Crippen LogP contribution in [-0.4, -0.2) is 71.7 Å². The number of ether oxygens (including phenoxy) is 3. The van der Waals surface area contributed by atoms with Crippen molar-refractivity contribution in [1.82, 2.24) is 4.90 Å². The molecule has 1 fully saturated rings. The van der Waals surface area contributed by atoms with E-state index in [-0.39, 0.29) is 0 Å². The summed E-state index contributed by atoms with van der Waals surface area (Å²) in [6.07, 6.45) is 0. The second-order valence-electron chi connectivity index (χ2n) is 5.24. The molecule has 0 aromatic heterocycles. The average molecular weight is 294 g/mol. The maximum Gasteiger partial charge on any atom is 0.119 e. The molecule has 5 heteroatoms. The predicted octanol–water partition coefficient (Wildman–Crippen LogP) is 1.48. The van der Waals surface area contributed by atoms with Gasteiger partial charge in [-0.2, -0.15) is 0 Å². The molecule has 0 bridgehead atoms. The van der Waals surface area contributed by atoms with Crippen molar-refractivity contribution in [3.63, 3.8) is 0 Å². The molecule has 21 heavy (non-hydrogen) atoms. The highest BCUT2D eigenvalue weighted by atomic mass is 16.5. The van der Waals surface area contributed by atoms with Crippen LogP contribution >= 0.6 is 0 Å². The number of nitrogens with zero attached hydrogens (tertiary/aromatic N) is 2. The van der Waals surface area contributed by atoms with E-state index in [9.17, 15) is 0 Å². The van der Waals surface area contributed by atoms with Crippen molar-refractivity contribution in [3.8, 4) is 5.75 Å². The van der Waals surface area contributed by atoms with Crippen molar-refractivity contribution >= 4 is 5.69 Å². The van der Waals surface area contributed by atoms with Gasteiger partial charge < -0.3 is 24.0 Å². The maximum atomic E-state index is 5.65. The van der Waals surface area contributed by atoms with E-state index in [0.29, 0.717) is 26.4 Å². The van der Waals surface area contributed by atoms with Crippen LogP contribution in [0.15, 0.2) is 24.3 Å². The second-order valence-corrected chi connectivity index (χ2v) is 5.24. The number of methoxy groups -OCH3 is 1. The molecule has 0 aliphatic carbocycles. The Kier molecular flexibility index (Phi) is 6.79. The van der Waals surface area contributed by atoms with E-state index in [0.717, 1.165) is 31.9 Å². The number of piperazine rings is 1. The number of rotatable bonds is 8. The normalized spacial score (nSPS) is 16.2. The maximum absolute atomic E-state index is 5.65. The zero-order valence-corrected chi connectivity index (χ0v) is 13.1. The number of likely N-dealkylation sites (N-methyl/N-ethyl adjacent to an activating group) is 1. The lowest BCUT2D eigenvalue weighted by molar-refractivity contribution is 0.0544. The molecule has 1 aliphatic rings. The van der Waals surface area contributed by atoms with Crippen molar-refractivity contribution in [3.05, 3.63) is 24.3 Å². The van der Waals surface area contributed by atoms with Gasteiger partial charge in [0.15, 0.2) is 0 Å². The zero-order valence-electron chi connectivity index (χ0n) is 13.1. The van der Waals surface area contributed by atoms with Crippen LogP contribution < -0.4 is 9.64 Å². The lowest BCUT2D eigenvalue weighted by Gasteiger charge is -2.34. The van der Waals surface area contributed by atoms with Crippen LogP contribution in [0.2, 0.25) is 0 Å². The van der Waals surface area contributed by atoms with E-state index in [1.165, 1.54) is 5.69 Å². The molecular formula is C16H26N2O3. The lowest BCUT2D eigenvalue weighted by Crippen LogP contribution is -2.44. The van der Waals surface area contributed by atoms with Crippen LogP contribution in [0.3, 0.4) is 0 Å². The van der Waals surface area contributed by atoms with Crippen molar-refractivity contribution in [2.75, 3.05) is 71.7 Å². The smallest absolute Gasteiger partial charge is 0.119 e. The average Bonchev–Trinajstić information content (AvgIpc) is 2.52. The molecule has 2 rings (SSSR count). The van der Waals surface area contributed by atoms with Crippen LogP contribution in [0.1, 0.15) is 0 Å². The Balaban J connectivity index is 1.69. The molecule has 1 aromatic carbocycles. The number of hydrogen-bond donors (Lipinski definition) is 0. The van der Waals surface area contributed by atoms with Gasteiger partial charge in [-0.15, -0.1) is 0 Å². The van der Waals surface area contributed by atoms with Crippen molar-refractivity contribution in [2.24, 2.45) is 0 Å². The highest BCUT2D eigenvalue weighted by Gasteiger charge is 2.13. The topological polar surface area (TPSA) is 34.2 Å². The number of benzene rings is 1. The molecule has 0 N–H and O–H groups in total. The molecule has 0 spiro atoms. The van der Waals surface area contributed by atoms with Gasteiger partial charge in [0.05, 0.1) is 19.8 Å². The monoisotopic (exact) mass is 294 g/mol. The highest BCUT2D eigenvalue weighted by molar-refractivity contribution is 5.49. The summed E-state index contributed by atoms with van der Waals surface area (Å²) in [7, 11) is 3.84. The van der Waals surface area contributed by atoms with E-state index >= 15 is 0 Å². The second kappa shape index (κ2) is 8.87. The van der Waals surface area contributed by atoms with E-state index in [2.05, 4.69) is 29.0 Å². The minimum absolute atomic E-state index is 0.567. The Morgan fingerprint density at radius 3 is 2.24 bits per heavy atom. The first-order valence-electron chi connectivity index (χ1n) is 7.52. The predicted molar refractivity (Wildman–Crippen MR) is 84.3 cm³/mol. The summed E-state index contributed by atoms with van der Waals surface area (Å²) < 4.78 is 15.9. The van der Waals surface area contributed by atoms with Gasteiger partial charge in [0, 0.05) is 39.0 Å². The molecule has 1 aromatic rings. The molecule has 0 unspecified atom stereocenters. The third kappa shape index (κ3) is 5.53. The Bertz CT molecular complexity index is 389. The first-order valence-corrected chi connectivity index (χ1v) is 7.52. The summed E-state index contributed by atoms with van der Waals surface area (Å²) in [6, 6.07) is 8.32. The van der Waals surface area contributed by atoms with Crippen LogP contribution in [0.4, 0.5) is 5.69 Å². The summed E-state index contributed by atoms with van der Waals surface area (Å²) in [5, 5.41) is 0. The number of anilines is 1. The van der Waals surface area contributed by atoms with Gasteiger partial charge in [-0.1, -0.05) is 0 Å². The Labute approximate surface area is 127 Å². The first-order chi connectivity index (χ1) is 10.3. The summed E-state index contributed by atoms with van der Waals surface area (Å²) in [5.41, 5.74) is 1.27. The van der Waals surface area contributed by atoms with Crippen molar-refractivity contribution in [1.29, 1.82) is 0 Å². The molecule has 0 amide bonds. The summed E-state index contributed by atoms with van der Waals surface area (Å²) in [4.78, 5) is 4.77. The standard InChI is InChI=1S/C16H26N2O3/c1-17-7-9-18(10-8-17)15-3-5-16(6-4-15)21-14-13-20-12-11-19-2/h3-6H,7-14H2,1-2H3. The van der Waals surface area contributed by atoms with Gasteiger partial charge in [-0.25, -0.2) is 0 Å². The lowest BCUT2D eigenvalue weighted by atomic mass is 10.2. The SMILES string of the molecule is COCCOCCOc1ccc(N2CCN(C)CC2)cc1. The van der Waals surface area contributed by atoms with Crippen LogP contribution in [0.25, 0.3) is 0 Å². The molecule has 0 radical (unpaired) electrons. The van der Waals surface area contributed by atoms with Gasteiger partial charge in [-0.3, -0.25) is 0 Å². The quantitative estimate of drug-likeness (QED) is 0.679. The van der Waals surface area contributed by atoms with Gasteiger partial charge in [-0.05, 0) is 31.3 Å². The van der Waals surface area contributed by atoms with Crippen molar-refractivity contribution in [2.45, 2.75) is 0 Å². The molecule has 1 aliphatic heterocycles. The molecule has 0 saturated carbocycles. The molecule has 5 nitrogen and oxygen atoms in total. The van der Waals surface area contributed by atoms with Crippen LogP contribution in [0, 0.1) is 0 Å². The molecule has 1 saturated heterocycles. The van der Waals surface area contributed by atoms with E-state index in [4.69, 9.17) is 14.2 Å². The zero-order chi connectivity index (χ0) is 14.9. The van der Waals surface area contributed by atoms with Crippen LogP contribution in [-0.2, 0) is 9.47 Å². The largest absolute Gasteiger partial charge is 0.491 e. The van der Waals surface area contributed by atoms with Crippen LogP contribution in [0.5, 0.6) is 5.75 Å². The summed E-state index contributed by atoms with van der Waals surface area (Å²) in [6.45, 7) is 6.81. The fourth-order valence-corrected chi connectivity index (χ4v) is 2.28. The summed E-state index contributed by atoms with van der Waals surface area (Å²) in [5.74, 6) is 0.892. The van der Waals surface area contributed by atoms with Gasteiger partial charge in [0.2, 0.25) is 0 Å². The molecule has 0 atom stereocenters. The Morgan fingerprint density at radius 1 is 0.905 bits per heavy atom. The fraction of sp³-hybridized carbons (Fsp3) is 0.625. The summed E-state index contributed by atoms with van der Waals surface area (Å²) >= 11 is 0. The van der Waals surface area contributed by atoms with Gasteiger partial charge in [0.1, 0.15) is 12.4 Å². The molecular weight excluding hydrogens is 268 g/mol. The highest BCUT2D eigenvalue weighted by Crippen LogP contribution is 2.20. The van der Waals surface area contributed by atoms with Gasteiger partial charge >= 0.3 is 0 Å². The minimum Gasteiger partial charge on any atom is -0.491 e. The Morgan fingerprint density at radius 2 is 1.57 bits per heavy atom. The molecule has 118 valence electrons. The van der Waals surface area contributed by atoms with E-state index in [1.54, 1.807) is 7.11 Å². The fourth-order valence-electron chi connectivity index (χ4n) is 2.28. The molecule has 1 heterocycles. The van der Waals surface area contributed by atoms with Gasteiger partial charge in [0.25, 0.3) is 0 Å². The third-order valence-corrected chi connectivity index (χ3v) is 3.63. The van der Waals surface area contributed by atoms with E-state index < -0.39 is 0 Å². The van der Waals surface area contributed by atoms with Crippen molar-refractivity contribution < 1.29 is 14.2 Å². The minimum atomic E-state index is 0.567. The Hall–Kier alpha value is -1.30. The third-order valence-electron chi connectivity index (χ3n) is 3.63. The first kappa shape index (κ1) is 16.1. The van der Waals surface area contributed by atoms with E-state index in [1.807, 2.05) is 12.1 Å². The number of hydrogen-bond acceptors (Lipinski definition) is 5.